The molecule has 1 N–H and O–H groups in total. The monoisotopic (exact) mass is 214 g/mol. The molecule has 1 aliphatic heterocycles. The van der Waals surface area contributed by atoms with Gasteiger partial charge < -0.3 is 14.8 Å². The fourth-order valence-electron chi connectivity index (χ4n) is 0.867. The molecule has 0 fully saturated rings. The minimum absolute atomic E-state index is 0.297. The molecule has 15 heavy (non-hydrogen) atoms. The Kier molecular flexibility index (Phi) is 2.97. The maximum Gasteiger partial charge on any atom is 0.416 e. The van der Waals surface area contributed by atoms with Gasteiger partial charge in [-0.1, -0.05) is 0 Å². The van der Waals surface area contributed by atoms with Crippen LogP contribution in [0.25, 0.3) is 0 Å². The number of ether oxygens (including phenoxy) is 2. The molecule has 1 unspecified atom stereocenters. The highest BCUT2D eigenvalue weighted by atomic mass is 16.7. The van der Waals surface area contributed by atoms with E-state index in [9.17, 15) is 9.59 Å². The molecule has 1 heterocycles. The molecule has 0 saturated carbocycles. The van der Waals surface area contributed by atoms with E-state index in [4.69, 9.17) is 4.74 Å². The Hall–Kier alpha value is -1.59. The first kappa shape index (κ1) is 11.5. The predicted octanol–water partition coefficient (Wildman–Crippen LogP) is 0.812. The minimum Gasteiger partial charge on any atom is -0.437 e. The van der Waals surface area contributed by atoms with Crippen molar-refractivity contribution in [1.29, 1.82) is 0 Å². The Morgan fingerprint density at radius 2 is 2.13 bits per heavy atom. The van der Waals surface area contributed by atoms with Crippen molar-refractivity contribution in [3.63, 3.8) is 0 Å². The highest BCUT2D eigenvalue weighted by molar-refractivity contribution is 5.99. The number of nitrogens with zero attached hydrogens (tertiary/aromatic N) is 1. The molecule has 1 rings (SSSR count). The maximum atomic E-state index is 11.2. The van der Waals surface area contributed by atoms with Crippen LogP contribution in [-0.4, -0.2) is 29.7 Å². The lowest BCUT2D eigenvalue weighted by Gasteiger charge is -2.19. The fourth-order valence-corrected chi connectivity index (χ4v) is 0.867. The molecule has 0 bridgehead atoms. The second-order valence-electron chi connectivity index (χ2n) is 4.24. The van der Waals surface area contributed by atoms with Crippen molar-refractivity contribution < 1.29 is 19.1 Å². The molecule has 0 saturated heterocycles. The molecular formula is C9H14N2O4. The van der Waals surface area contributed by atoms with Crippen LogP contribution in [-0.2, 0) is 14.3 Å². The summed E-state index contributed by atoms with van der Waals surface area (Å²) in [6, 6.07) is 0. The summed E-state index contributed by atoms with van der Waals surface area (Å²) in [5.41, 5.74) is -0.411. The van der Waals surface area contributed by atoms with Gasteiger partial charge in [0.1, 0.15) is 0 Å². The van der Waals surface area contributed by atoms with Crippen LogP contribution in [0.2, 0.25) is 0 Å². The topological polar surface area (TPSA) is 77.0 Å². The molecule has 0 radical (unpaired) electrons. The smallest absolute Gasteiger partial charge is 0.416 e. The third-order valence-corrected chi connectivity index (χ3v) is 1.48. The van der Waals surface area contributed by atoms with Crippen molar-refractivity contribution in [2.75, 3.05) is 0 Å². The molecule has 0 spiro atoms. The van der Waals surface area contributed by atoms with Crippen molar-refractivity contribution in [1.82, 2.24) is 5.32 Å². The van der Waals surface area contributed by atoms with Gasteiger partial charge in [0.2, 0.25) is 0 Å². The number of carbonyl (C=O) groups excluding carboxylic acids is 2. The van der Waals surface area contributed by atoms with Crippen molar-refractivity contribution in [3.05, 3.63) is 0 Å². The first-order valence-corrected chi connectivity index (χ1v) is 4.57. The number of rotatable bonds is 0. The maximum absolute atomic E-state index is 11.2. The van der Waals surface area contributed by atoms with Crippen LogP contribution in [0.5, 0.6) is 0 Å². The van der Waals surface area contributed by atoms with Gasteiger partial charge in [0.05, 0.1) is 0 Å². The van der Waals surface area contributed by atoms with E-state index in [-0.39, 0.29) is 6.08 Å². The van der Waals surface area contributed by atoms with Gasteiger partial charge in [-0.2, -0.15) is 0 Å². The summed E-state index contributed by atoms with van der Waals surface area (Å²) < 4.78 is 9.56. The number of aliphatic imine (C=N–C) groups is 1. The SMILES string of the molecule is CC1OC(OC(=O)NC(C)(C)C)=NC1=O. The quantitative estimate of drug-likeness (QED) is 0.647. The lowest BCUT2D eigenvalue weighted by Crippen LogP contribution is -2.41. The van der Waals surface area contributed by atoms with E-state index in [1.807, 2.05) is 0 Å². The Bertz CT molecular complexity index is 317. The first-order chi connectivity index (χ1) is 6.78. The highest BCUT2D eigenvalue weighted by Gasteiger charge is 2.28. The van der Waals surface area contributed by atoms with Gasteiger partial charge in [-0.3, -0.25) is 4.79 Å². The van der Waals surface area contributed by atoms with Crippen LogP contribution in [0.3, 0.4) is 0 Å². The molecule has 1 atom stereocenters. The second-order valence-corrected chi connectivity index (χ2v) is 4.24. The van der Waals surface area contributed by atoms with Crippen LogP contribution < -0.4 is 5.32 Å². The third kappa shape index (κ3) is 3.57. The Balaban J connectivity index is 2.47. The third-order valence-electron chi connectivity index (χ3n) is 1.48. The van der Waals surface area contributed by atoms with Gasteiger partial charge in [0.25, 0.3) is 5.91 Å². The van der Waals surface area contributed by atoms with Crippen LogP contribution in [0.15, 0.2) is 4.99 Å². The van der Waals surface area contributed by atoms with E-state index in [1.165, 1.54) is 6.92 Å². The number of carbonyl (C=O) groups is 2. The second kappa shape index (κ2) is 3.88. The van der Waals surface area contributed by atoms with Crippen molar-refractivity contribution in [2.24, 2.45) is 4.99 Å². The fraction of sp³-hybridized carbons (Fsp3) is 0.667. The standard InChI is InChI=1S/C9H14N2O4/c1-5-6(12)10-8(14-5)15-7(13)11-9(2,3)4/h5H,1-4H3,(H,11,13). The lowest BCUT2D eigenvalue weighted by atomic mass is 10.1. The Morgan fingerprint density at radius 1 is 1.53 bits per heavy atom. The first-order valence-electron chi connectivity index (χ1n) is 4.57. The van der Waals surface area contributed by atoms with E-state index >= 15 is 0 Å². The zero-order chi connectivity index (χ0) is 11.6. The summed E-state index contributed by atoms with van der Waals surface area (Å²) in [4.78, 5) is 25.6. The molecule has 6 nitrogen and oxygen atoms in total. The number of hydrogen-bond acceptors (Lipinski definition) is 4. The Morgan fingerprint density at radius 3 is 2.53 bits per heavy atom. The molecule has 6 heteroatoms. The summed E-state index contributed by atoms with van der Waals surface area (Å²) >= 11 is 0. The molecule has 0 aliphatic carbocycles. The van der Waals surface area contributed by atoms with Crippen LogP contribution >= 0.6 is 0 Å². The molecule has 2 amide bonds. The summed E-state index contributed by atoms with van der Waals surface area (Å²) in [5.74, 6) is -0.450. The van der Waals surface area contributed by atoms with E-state index < -0.39 is 23.6 Å². The minimum atomic E-state index is -0.692. The average Bonchev–Trinajstić information content (AvgIpc) is 2.26. The van der Waals surface area contributed by atoms with Crippen molar-refractivity contribution in [3.8, 4) is 0 Å². The predicted molar refractivity (Wildman–Crippen MR) is 52.4 cm³/mol. The number of amides is 2. The number of hydrogen-bond donors (Lipinski definition) is 1. The molecule has 0 aromatic heterocycles. The van der Waals surface area contributed by atoms with E-state index in [1.54, 1.807) is 20.8 Å². The van der Waals surface area contributed by atoms with Gasteiger partial charge in [-0.05, 0) is 27.7 Å². The molecule has 0 aromatic carbocycles. The van der Waals surface area contributed by atoms with Gasteiger partial charge in [-0.25, -0.2) is 4.79 Å². The molecule has 0 aromatic rings. The molecular weight excluding hydrogens is 200 g/mol. The number of nitrogens with one attached hydrogen (secondary N) is 1. The van der Waals surface area contributed by atoms with Gasteiger partial charge in [0, 0.05) is 5.54 Å². The summed E-state index contributed by atoms with van der Waals surface area (Å²) in [6.45, 7) is 6.95. The zero-order valence-electron chi connectivity index (χ0n) is 9.16. The number of alkyl carbamates (subject to hydrolysis) is 1. The van der Waals surface area contributed by atoms with Crippen LogP contribution in [0.4, 0.5) is 4.79 Å². The zero-order valence-corrected chi connectivity index (χ0v) is 9.16. The van der Waals surface area contributed by atoms with E-state index in [0.29, 0.717) is 0 Å². The molecule has 1 aliphatic rings. The van der Waals surface area contributed by atoms with Gasteiger partial charge in [0.15, 0.2) is 6.10 Å². The van der Waals surface area contributed by atoms with Crippen molar-refractivity contribution in [2.45, 2.75) is 39.3 Å². The summed E-state index contributed by atoms with van der Waals surface area (Å²) in [7, 11) is 0. The van der Waals surface area contributed by atoms with E-state index in [2.05, 4.69) is 15.0 Å². The average molecular weight is 214 g/mol. The largest absolute Gasteiger partial charge is 0.437 e. The van der Waals surface area contributed by atoms with Crippen LogP contribution in [0, 0.1) is 0 Å². The highest BCUT2D eigenvalue weighted by Crippen LogP contribution is 2.07. The summed E-state index contributed by atoms with van der Waals surface area (Å²) in [5, 5.41) is 2.54. The normalized spacial score (nSPS) is 20.7. The van der Waals surface area contributed by atoms with Crippen LogP contribution in [0.1, 0.15) is 27.7 Å². The molecule has 84 valence electrons. The summed E-state index contributed by atoms with van der Waals surface area (Å²) in [6.07, 6.45) is -1.67. The van der Waals surface area contributed by atoms with E-state index in [0.717, 1.165) is 0 Å². The Labute approximate surface area is 87.6 Å². The lowest BCUT2D eigenvalue weighted by molar-refractivity contribution is -0.122. The van der Waals surface area contributed by atoms with Crippen molar-refractivity contribution >= 4 is 18.1 Å². The van der Waals surface area contributed by atoms with Gasteiger partial charge >= 0.3 is 12.2 Å². The van der Waals surface area contributed by atoms with Gasteiger partial charge in [-0.15, -0.1) is 4.99 Å².